The molecule has 0 amide bonds. The zero-order valence-electron chi connectivity index (χ0n) is 16.8. The first-order valence-electron chi connectivity index (χ1n) is 9.61. The van der Waals surface area contributed by atoms with Crippen molar-refractivity contribution in [3.05, 3.63) is 101 Å². The first-order chi connectivity index (χ1) is 14.4. The fourth-order valence-electron chi connectivity index (χ4n) is 3.37. The predicted molar refractivity (Wildman–Crippen MR) is 118 cm³/mol. The van der Waals surface area contributed by atoms with Gasteiger partial charge in [0.15, 0.2) is 0 Å². The summed E-state index contributed by atoms with van der Waals surface area (Å²) in [6, 6.07) is 24.0. The molecule has 0 atom stereocenters. The van der Waals surface area contributed by atoms with Crippen molar-refractivity contribution in [3.8, 4) is 11.3 Å². The summed E-state index contributed by atoms with van der Waals surface area (Å²) in [6.45, 7) is 3.99. The SMILES string of the molecule is Cc1cc(C)cc(-c2nc(Cc3ccccc3)oc2NS(=O)(=O)c2ccccc2)c1. The maximum Gasteiger partial charge on any atom is 0.264 e. The van der Waals surface area contributed by atoms with E-state index in [-0.39, 0.29) is 10.8 Å². The topological polar surface area (TPSA) is 72.2 Å². The summed E-state index contributed by atoms with van der Waals surface area (Å²) in [4.78, 5) is 4.81. The second kappa shape index (κ2) is 8.16. The molecule has 1 N–H and O–H groups in total. The van der Waals surface area contributed by atoms with Crippen molar-refractivity contribution in [2.24, 2.45) is 0 Å². The van der Waals surface area contributed by atoms with Gasteiger partial charge in [0.1, 0.15) is 5.69 Å². The quantitative estimate of drug-likeness (QED) is 0.458. The van der Waals surface area contributed by atoms with Crippen LogP contribution in [0.1, 0.15) is 22.6 Å². The van der Waals surface area contributed by atoms with E-state index in [2.05, 4.69) is 15.8 Å². The van der Waals surface area contributed by atoms with E-state index in [1.807, 2.05) is 56.3 Å². The average molecular weight is 419 g/mol. The zero-order chi connectivity index (χ0) is 21.1. The van der Waals surface area contributed by atoms with E-state index in [0.717, 1.165) is 22.3 Å². The molecule has 0 aliphatic heterocycles. The molecule has 4 rings (SSSR count). The van der Waals surface area contributed by atoms with Crippen molar-refractivity contribution in [3.63, 3.8) is 0 Å². The third kappa shape index (κ3) is 4.44. The largest absolute Gasteiger partial charge is 0.423 e. The van der Waals surface area contributed by atoms with Gasteiger partial charge in [0, 0.05) is 12.0 Å². The van der Waals surface area contributed by atoms with Crippen LogP contribution < -0.4 is 4.72 Å². The smallest absolute Gasteiger partial charge is 0.264 e. The Bertz CT molecular complexity index is 1240. The Kier molecular flexibility index (Phi) is 5.42. The van der Waals surface area contributed by atoms with E-state index in [0.29, 0.717) is 18.0 Å². The van der Waals surface area contributed by atoms with Gasteiger partial charge in [-0.05, 0) is 43.7 Å². The molecule has 0 bridgehead atoms. The van der Waals surface area contributed by atoms with E-state index < -0.39 is 10.0 Å². The molecule has 3 aromatic carbocycles. The lowest BCUT2D eigenvalue weighted by atomic mass is 10.1. The molecule has 0 saturated heterocycles. The standard InChI is InChI=1S/C24H22N2O3S/c1-17-13-18(2)15-20(14-17)23-24(26-30(27,28)21-11-7-4-8-12-21)29-22(25-23)16-19-9-5-3-6-10-19/h3-15,26H,16H2,1-2H3. The van der Waals surface area contributed by atoms with Gasteiger partial charge in [-0.1, -0.05) is 65.7 Å². The summed E-state index contributed by atoms with van der Waals surface area (Å²) in [6.07, 6.45) is 0.464. The minimum absolute atomic E-state index is 0.120. The van der Waals surface area contributed by atoms with Crippen LogP contribution in [0.3, 0.4) is 0 Å². The van der Waals surface area contributed by atoms with Crippen molar-refractivity contribution in [2.75, 3.05) is 4.72 Å². The Morgan fingerprint density at radius 1 is 0.867 bits per heavy atom. The molecular formula is C24H22N2O3S. The predicted octanol–water partition coefficient (Wildman–Crippen LogP) is 5.35. The number of benzene rings is 3. The monoisotopic (exact) mass is 418 g/mol. The van der Waals surface area contributed by atoms with Crippen LogP contribution in [0.2, 0.25) is 0 Å². The van der Waals surface area contributed by atoms with Gasteiger partial charge in [-0.3, -0.25) is 0 Å². The molecule has 0 spiro atoms. The third-order valence-electron chi connectivity index (χ3n) is 4.65. The first-order valence-corrected chi connectivity index (χ1v) is 11.1. The highest BCUT2D eigenvalue weighted by molar-refractivity contribution is 7.92. The van der Waals surface area contributed by atoms with Gasteiger partial charge in [-0.2, -0.15) is 0 Å². The number of nitrogens with one attached hydrogen (secondary N) is 1. The van der Waals surface area contributed by atoms with Gasteiger partial charge < -0.3 is 4.42 Å². The third-order valence-corrected chi connectivity index (χ3v) is 5.99. The van der Waals surface area contributed by atoms with Crippen LogP contribution >= 0.6 is 0 Å². The lowest BCUT2D eigenvalue weighted by molar-refractivity contribution is 0.521. The maximum atomic E-state index is 12.9. The number of aryl methyl sites for hydroxylation is 2. The van der Waals surface area contributed by atoms with Gasteiger partial charge in [0.2, 0.25) is 11.8 Å². The van der Waals surface area contributed by atoms with Crippen molar-refractivity contribution >= 4 is 15.9 Å². The van der Waals surface area contributed by atoms with Gasteiger partial charge in [-0.15, -0.1) is 0 Å². The average Bonchev–Trinajstić information content (AvgIpc) is 3.10. The van der Waals surface area contributed by atoms with E-state index in [1.165, 1.54) is 0 Å². The summed E-state index contributed by atoms with van der Waals surface area (Å²) < 4.78 is 34.3. The number of anilines is 1. The van der Waals surface area contributed by atoms with Crippen molar-refractivity contribution < 1.29 is 12.8 Å². The van der Waals surface area contributed by atoms with Crippen molar-refractivity contribution in [1.29, 1.82) is 0 Å². The zero-order valence-corrected chi connectivity index (χ0v) is 17.6. The molecule has 1 heterocycles. The molecular weight excluding hydrogens is 396 g/mol. The molecule has 0 aliphatic carbocycles. The Hall–Kier alpha value is -3.38. The minimum atomic E-state index is -3.81. The van der Waals surface area contributed by atoms with E-state index in [9.17, 15) is 8.42 Å². The highest BCUT2D eigenvalue weighted by Gasteiger charge is 2.22. The Labute approximate surface area is 176 Å². The van der Waals surface area contributed by atoms with Crippen LogP contribution in [0, 0.1) is 13.8 Å². The maximum absolute atomic E-state index is 12.9. The number of hydrogen-bond acceptors (Lipinski definition) is 4. The molecule has 0 radical (unpaired) electrons. The fraction of sp³-hybridized carbons (Fsp3) is 0.125. The van der Waals surface area contributed by atoms with E-state index in [4.69, 9.17) is 4.42 Å². The number of hydrogen-bond donors (Lipinski definition) is 1. The van der Waals surface area contributed by atoms with Crippen LogP contribution in [-0.4, -0.2) is 13.4 Å². The van der Waals surface area contributed by atoms with Gasteiger partial charge in [0.25, 0.3) is 10.0 Å². The molecule has 30 heavy (non-hydrogen) atoms. The minimum Gasteiger partial charge on any atom is -0.423 e. The molecule has 6 heteroatoms. The second-order valence-electron chi connectivity index (χ2n) is 7.24. The second-order valence-corrected chi connectivity index (χ2v) is 8.93. The summed E-state index contributed by atoms with van der Waals surface area (Å²) in [7, 11) is -3.81. The number of aromatic nitrogens is 1. The molecule has 0 aliphatic rings. The Morgan fingerprint density at radius 3 is 2.10 bits per heavy atom. The Morgan fingerprint density at radius 2 is 1.47 bits per heavy atom. The summed E-state index contributed by atoms with van der Waals surface area (Å²) >= 11 is 0. The number of sulfonamides is 1. The first kappa shape index (κ1) is 19.9. The molecule has 0 saturated carbocycles. The highest BCUT2D eigenvalue weighted by Crippen LogP contribution is 2.32. The van der Waals surface area contributed by atoms with Crippen LogP contribution in [0.25, 0.3) is 11.3 Å². The molecule has 0 unspecified atom stereocenters. The molecule has 152 valence electrons. The lowest BCUT2D eigenvalue weighted by Crippen LogP contribution is -2.13. The van der Waals surface area contributed by atoms with E-state index >= 15 is 0 Å². The fourth-order valence-corrected chi connectivity index (χ4v) is 4.38. The van der Waals surface area contributed by atoms with Crippen LogP contribution in [-0.2, 0) is 16.4 Å². The lowest BCUT2D eigenvalue weighted by Gasteiger charge is -2.08. The van der Waals surface area contributed by atoms with Crippen LogP contribution in [0.4, 0.5) is 5.88 Å². The summed E-state index contributed by atoms with van der Waals surface area (Å²) in [5.41, 5.74) is 4.45. The van der Waals surface area contributed by atoms with Crippen molar-refractivity contribution in [2.45, 2.75) is 25.2 Å². The number of oxazole rings is 1. The molecule has 0 fully saturated rings. The van der Waals surface area contributed by atoms with Crippen LogP contribution in [0.5, 0.6) is 0 Å². The normalized spacial score (nSPS) is 11.4. The Balaban J connectivity index is 1.77. The van der Waals surface area contributed by atoms with Crippen molar-refractivity contribution in [1.82, 2.24) is 4.98 Å². The van der Waals surface area contributed by atoms with E-state index in [1.54, 1.807) is 30.3 Å². The van der Waals surface area contributed by atoms with Gasteiger partial charge in [-0.25, -0.2) is 18.1 Å². The number of rotatable bonds is 6. The molecule has 1 aromatic heterocycles. The van der Waals surface area contributed by atoms with Crippen LogP contribution in [0.15, 0.2) is 88.2 Å². The molecule has 4 aromatic rings. The highest BCUT2D eigenvalue weighted by atomic mass is 32.2. The number of nitrogens with zero attached hydrogens (tertiary/aromatic N) is 1. The molecule has 5 nitrogen and oxygen atoms in total. The van der Waals surface area contributed by atoms with Gasteiger partial charge in [0.05, 0.1) is 4.90 Å². The summed E-state index contributed by atoms with van der Waals surface area (Å²) in [5.74, 6) is 0.566. The van der Waals surface area contributed by atoms with Gasteiger partial charge >= 0.3 is 0 Å². The summed E-state index contributed by atoms with van der Waals surface area (Å²) in [5, 5.41) is 0.